The number of nitrogens with zero attached hydrogens (tertiary/aromatic N) is 3. The van der Waals surface area contributed by atoms with Crippen molar-refractivity contribution in [1.29, 1.82) is 0 Å². The number of aromatic nitrogens is 2. The first kappa shape index (κ1) is 9.58. The van der Waals surface area contributed by atoms with Crippen LogP contribution in [-0.2, 0) is 4.79 Å². The van der Waals surface area contributed by atoms with Crippen molar-refractivity contribution >= 4 is 27.5 Å². The standard InChI is InChI=1S/C9H10BrN3O/c1-6-11-4-8(10)9(12-6)13-3-2-7(14)5-13/h4H,2-3,5H2,1H3. The van der Waals surface area contributed by atoms with Crippen LogP contribution in [0.25, 0.3) is 0 Å². The number of hydrogen-bond donors (Lipinski definition) is 0. The van der Waals surface area contributed by atoms with Gasteiger partial charge in [0, 0.05) is 19.2 Å². The van der Waals surface area contributed by atoms with Crippen molar-refractivity contribution in [3.8, 4) is 0 Å². The summed E-state index contributed by atoms with van der Waals surface area (Å²) in [6, 6.07) is 0. The number of hydrogen-bond acceptors (Lipinski definition) is 4. The van der Waals surface area contributed by atoms with Crippen LogP contribution in [0.3, 0.4) is 0 Å². The van der Waals surface area contributed by atoms with Crippen molar-refractivity contribution in [2.75, 3.05) is 18.0 Å². The van der Waals surface area contributed by atoms with Gasteiger partial charge in [-0.25, -0.2) is 9.97 Å². The first-order valence-corrected chi connectivity index (χ1v) is 5.22. The molecule has 1 aromatic heterocycles. The smallest absolute Gasteiger partial charge is 0.153 e. The lowest BCUT2D eigenvalue weighted by Crippen LogP contribution is -2.21. The maximum atomic E-state index is 11.1. The number of halogens is 1. The molecule has 74 valence electrons. The fourth-order valence-corrected chi connectivity index (χ4v) is 1.92. The number of Topliss-reactive ketones (excluding diaryl/α,β-unsaturated/α-hetero) is 1. The maximum Gasteiger partial charge on any atom is 0.153 e. The molecule has 0 N–H and O–H groups in total. The topological polar surface area (TPSA) is 46.1 Å². The molecule has 14 heavy (non-hydrogen) atoms. The van der Waals surface area contributed by atoms with Gasteiger partial charge in [0.2, 0.25) is 0 Å². The minimum absolute atomic E-state index is 0.271. The highest BCUT2D eigenvalue weighted by Gasteiger charge is 2.22. The molecule has 4 nitrogen and oxygen atoms in total. The van der Waals surface area contributed by atoms with E-state index < -0.39 is 0 Å². The van der Waals surface area contributed by atoms with Gasteiger partial charge in [0.25, 0.3) is 0 Å². The van der Waals surface area contributed by atoms with Crippen LogP contribution in [-0.4, -0.2) is 28.8 Å². The molecule has 1 aromatic rings. The van der Waals surface area contributed by atoms with Crippen molar-refractivity contribution in [1.82, 2.24) is 9.97 Å². The molecule has 1 aliphatic rings. The molecule has 0 spiro atoms. The zero-order valence-electron chi connectivity index (χ0n) is 7.83. The number of carbonyl (C=O) groups excluding carboxylic acids is 1. The molecule has 0 bridgehead atoms. The van der Waals surface area contributed by atoms with E-state index in [1.54, 1.807) is 6.20 Å². The van der Waals surface area contributed by atoms with Gasteiger partial charge in [-0.15, -0.1) is 0 Å². The van der Waals surface area contributed by atoms with Crippen LogP contribution in [0.4, 0.5) is 5.82 Å². The number of anilines is 1. The summed E-state index contributed by atoms with van der Waals surface area (Å²) in [5.74, 6) is 1.82. The first-order chi connectivity index (χ1) is 6.66. The van der Waals surface area contributed by atoms with Crippen molar-refractivity contribution in [3.63, 3.8) is 0 Å². The molecule has 5 heteroatoms. The lowest BCUT2D eigenvalue weighted by atomic mass is 10.4. The van der Waals surface area contributed by atoms with Gasteiger partial charge in [0.15, 0.2) is 5.78 Å². The average molecular weight is 256 g/mol. The molecule has 0 amide bonds. The maximum absolute atomic E-state index is 11.1. The van der Waals surface area contributed by atoms with Crippen molar-refractivity contribution in [3.05, 3.63) is 16.5 Å². The monoisotopic (exact) mass is 255 g/mol. The van der Waals surface area contributed by atoms with Crippen molar-refractivity contribution in [2.24, 2.45) is 0 Å². The number of carbonyl (C=O) groups is 1. The Kier molecular flexibility index (Phi) is 2.50. The van der Waals surface area contributed by atoms with Gasteiger partial charge in [-0.2, -0.15) is 0 Å². The Labute approximate surface area is 90.5 Å². The lowest BCUT2D eigenvalue weighted by molar-refractivity contribution is -0.116. The normalized spacial score (nSPS) is 16.4. The van der Waals surface area contributed by atoms with E-state index in [-0.39, 0.29) is 5.78 Å². The molecule has 1 saturated heterocycles. The molecule has 0 aliphatic carbocycles. The third-order valence-corrected chi connectivity index (χ3v) is 2.73. The fraction of sp³-hybridized carbons (Fsp3) is 0.444. The van der Waals surface area contributed by atoms with E-state index in [1.165, 1.54) is 0 Å². The minimum atomic E-state index is 0.271. The second kappa shape index (κ2) is 3.65. The third kappa shape index (κ3) is 1.77. The predicted octanol–water partition coefficient (Wildman–Crippen LogP) is 1.33. The summed E-state index contributed by atoms with van der Waals surface area (Å²) in [7, 11) is 0. The Morgan fingerprint density at radius 1 is 1.57 bits per heavy atom. The van der Waals surface area contributed by atoms with E-state index in [0.717, 1.165) is 22.7 Å². The SMILES string of the molecule is Cc1ncc(Br)c(N2CCC(=O)C2)n1. The van der Waals surface area contributed by atoms with Gasteiger partial charge < -0.3 is 4.90 Å². The van der Waals surface area contributed by atoms with Gasteiger partial charge in [-0.3, -0.25) is 4.79 Å². The zero-order valence-corrected chi connectivity index (χ0v) is 9.41. The Morgan fingerprint density at radius 3 is 3.00 bits per heavy atom. The molecule has 0 unspecified atom stereocenters. The van der Waals surface area contributed by atoms with Gasteiger partial charge in [0.05, 0.1) is 11.0 Å². The summed E-state index contributed by atoms with van der Waals surface area (Å²) < 4.78 is 0.845. The zero-order chi connectivity index (χ0) is 10.1. The highest BCUT2D eigenvalue weighted by atomic mass is 79.9. The Balaban J connectivity index is 2.31. The molecule has 0 atom stereocenters. The molecule has 0 aromatic carbocycles. The number of rotatable bonds is 1. The highest BCUT2D eigenvalue weighted by molar-refractivity contribution is 9.10. The van der Waals surface area contributed by atoms with Crippen LogP contribution >= 0.6 is 15.9 Å². The quantitative estimate of drug-likeness (QED) is 0.760. The van der Waals surface area contributed by atoms with Crippen LogP contribution in [0, 0.1) is 6.92 Å². The van der Waals surface area contributed by atoms with Gasteiger partial charge >= 0.3 is 0 Å². The van der Waals surface area contributed by atoms with Gasteiger partial charge in [0.1, 0.15) is 11.6 Å². The molecule has 1 aliphatic heterocycles. The van der Waals surface area contributed by atoms with E-state index in [0.29, 0.717) is 13.0 Å². The Bertz CT molecular complexity index is 380. The minimum Gasteiger partial charge on any atom is -0.348 e. The van der Waals surface area contributed by atoms with E-state index in [2.05, 4.69) is 25.9 Å². The Hall–Kier alpha value is -0.970. The summed E-state index contributed by atoms with van der Waals surface area (Å²) in [5, 5.41) is 0. The third-order valence-electron chi connectivity index (χ3n) is 2.17. The van der Waals surface area contributed by atoms with Gasteiger partial charge in [-0.05, 0) is 22.9 Å². The highest BCUT2D eigenvalue weighted by Crippen LogP contribution is 2.25. The van der Waals surface area contributed by atoms with Crippen LogP contribution in [0.1, 0.15) is 12.2 Å². The molecule has 0 radical (unpaired) electrons. The molecule has 2 heterocycles. The summed E-state index contributed by atoms with van der Waals surface area (Å²) in [6.07, 6.45) is 2.34. The van der Waals surface area contributed by atoms with Crippen molar-refractivity contribution < 1.29 is 4.79 Å². The first-order valence-electron chi connectivity index (χ1n) is 4.42. The summed E-state index contributed by atoms with van der Waals surface area (Å²) >= 11 is 3.38. The molecular weight excluding hydrogens is 246 g/mol. The van der Waals surface area contributed by atoms with Crippen molar-refractivity contribution in [2.45, 2.75) is 13.3 Å². The second-order valence-electron chi connectivity index (χ2n) is 3.30. The van der Waals surface area contributed by atoms with Crippen LogP contribution in [0.5, 0.6) is 0 Å². The molecule has 2 rings (SSSR count). The van der Waals surface area contributed by atoms with Crippen LogP contribution in [0.2, 0.25) is 0 Å². The summed E-state index contributed by atoms with van der Waals surface area (Å²) in [6.45, 7) is 3.07. The summed E-state index contributed by atoms with van der Waals surface area (Å²) in [4.78, 5) is 21.5. The van der Waals surface area contributed by atoms with E-state index >= 15 is 0 Å². The lowest BCUT2D eigenvalue weighted by Gasteiger charge is -2.16. The molecule has 0 saturated carbocycles. The molecular formula is C9H10BrN3O. The van der Waals surface area contributed by atoms with Crippen LogP contribution in [0.15, 0.2) is 10.7 Å². The second-order valence-corrected chi connectivity index (χ2v) is 4.15. The summed E-state index contributed by atoms with van der Waals surface area (Å²) in [5.41, 5.74) is 0. The average Bonchev–Trinajstić information content (AvgIpc) is 2.56. The number of ketones is 1. The van der Waals surface area contributed by atoms with E-state index in [9.17, 15) is 4.79 Å². The Morgan fingerprint density at radius 2 is 2.36 bits per heavy atom. The van der Waals surface area contributed by atoms with E-state index in [1.807, 2.05) is 11.8 Å². The fourth-order valence-electron chi connectivity index (χ4n) is 1.48. The van der Waals surface area contributed by atoms with Gasteiger partial charge in [-0.1, -0.05) is 0 Å². The number of aryl methyl sites for hydroxylation is 1. The molecule has 1 fully saturated rings. The van der Waals surface area contributed by atoms with E-state index in [4.69, 9.17) is 0 Å². The van der Waals surface area contributed by atoms with Crippen LogP contribution < -0.4 is 4.90 Å². The largest absolute Gasteiger partial charge is 0.348 e. The predicted molar refractivity (Wildman–Crippen MR) is 56.3 cm³/mol.